The van der Waals surface area contributed by atoms with Gasteiger partial charge in [-0.25, -0.2) is 0 Å². The van der Waals surface area contributed by atoms with Crippen molar-refractivity contribution in [2.45, 2.75) is 39.5 Å². The van der Waals surface area contributed by atoms with Crippen molar-refractivity contribution in [2.24, 2.45) is 0 Å². The van der Waals surface area contributed by atoms with Crippen LogP contribution in [0.4, 0.5) is 4.39 Å². The van der Waals surface area contributed by atoms with Gasteiger partial charge in [0.25, 0.3) is 0 Å². The van der Waals surface area contributed by atoms with Crippen molar-refractivity contribution in [3.8, 4) is 50.6 Å². The number of para-hydroxylation sites is 2. The Morgan fingerprint density at radius 2 is 1.23 bits per heavy atom. The number of rotatable bonds is 7. The number of imidazole rings is 1. The minimum Gasteiger partial charge on any atom is -0.305 e. The molecular weight excluding hydrogens is 1030 g/mol. The molecule has 0 saturated heterocycles. The maximum atomic E-state index is 13.2. The van der Waals surface area contributed by atoms with Gasteiger partial charge in [-0.2, -0.15) is 0 Å². The van der Waals surface area contributed by atoms with Crippen molar-refractivity contribution in [2.75, 3.05) is 0 Å². The summed E-state index contributed by atoms with van der Waals surface area (Å²) in [7, 11) is 0. The number of aromatic nitrogens is 3. The maximum absolute atomic E-state index is 13.2. The Balaban J connectivity index is 0.000000304. The summed E-state index contributed by atoms with van der Waals surface area (Å²) in [4.78, 5) is 9.44. The summed E-state index contributed by atoms with van der Waals surface area (Å²) in [5.74, 6) is 1.35. The van der Waals surface area contributed by atoms with Gasteiger partial charge < -0.3 is 4.98 Å². The fourth-order valence-electron chi connectivity index (χ4n) is 7.88. The van der Waals surface area contributed by atoms with Crippen LogP contribution in [-0.2, 0) is 20.1 Å². The van der Waals surface area contributed by atoms with E-state index in [1.807, 2.05) is 6.07 Å². The van der Waals surface area contributed by atoms with Crippen molar-refractivity contribution in [1.29, 1.82) is 0 Å². The smallest absolute Gasteiger partial charge is 0.0380 e. The molecule has 60 heavy (non-hydrogen) atoms. The molecule has 0 fully saturated rings. The van der Waals surface area contributed by atoms with Crippen LogP contribution in [0.25, 0.3) is 79.2 Å². The summed E-state index contributed by atoms with van der Waals surface area (Å²) in [6, 6.07) is 63.0. The van der Waals surface area contributed by atoms with Gasteiger partial charge >= 0.3 is 282 Å². The van der Waals surface area contributed by atoms with E-state index in [4.69, 9.17) is 4.98 Å². The first-order chi connectivity index (χ1) is 28.9. The molecule has 0 aliphatic heterocycles. The van der Waals surface area contributed by atoms with Crippen LogP contribution < -0.4 is 0 Å². The van der Waals surface area contributed by atoms with E-state index in [0.717, 1.165) is 22.4 Å². The van der Waals surface area contributed by atoms with Gasteiger partial charge in [0.1, 0.15) is 0 Å². The summed E-state index contributed by atoms with van der Waals surface area (Å²) < 4.78 is 18.6. The average molecular weight is 1070 g/mol. The number of pyridine rings is 1. The fourth-order valence-corrected chi connectivity index (χ4v) is 11.4. The predicted octanol–water partition coefficient (Wildman–Crippen LogP) is 14.1. The molecule has 0 aliphatic carbocycles. The van der Waals surface area contributed by atoms with Gasteiger partial charge in [-0.3, -0.25) is 4.39 Å². The second-order valence-corrected chi connectivity index (χ2v) is 18.3. The third-order valence-corrected chi connectivity index (χ3v) is 14.2. The number of hydrogen-bond donors (Lipinski definition) is 0. The summed E-state index contributed by atoms with van der Waals surface area (Å²) >= 11 is -0.663. The molecule has 6 heteroatoms. The number of halogens is 1. The molecule has 7 aromatic carbocycles. The molecule has 10 aromatic rings. The molecule has 0 bridgehead atoms. The molecular formula is C54H42FIrN3Te-2. The minimum absolute atomic E-state index is 0. The summed E-state index contributed by atoms with van der Waals surface area (Å²) in [5, 5.41) is 2.71. The third kappa shape index (κ3) is 8.06. The van der Waals surface area contributed by atoms with E-state index in [9.17, 15) is 4.39 Å². The van der Waals surface area contributed by atoms with E-state index in [1.54, 1.807) is 30.5 Å². The predicted molar refractivity (Wildman–Crippen MR) is 245 cm³/mol. The van der Waals surface area contributed by atoms with E-state index >= 15 is 0 Å². The summed E-state index contributed by atoms with van der Waals surface area (Å²) in [6.07, 6.45) is 1.63. The zero-order chi connectivity index (χ0) is 40.5. The molecule has 3 nitrogen and oxygen atoms in total. The third-order valence-electron chi connectivity index (χ3n) is 10.8. The van der Waals surface area contributed by atoms with Crippen LogP contribution in [0, 0.1) is 17.9 Å². The van der Waals surface area contributed by atoms with Gasteiger partial charge in [0.05, 0.1) is 0 Å². The van der Waals surface area contributed by atoms with E-state index in [0.29, 0.717) is 23.1 Å². The Bertz CT molecular complexity index is 3030. The first-order valence-corrected chi connectivity index (χ1v) is 22.4. The number of nitrogens with zero attached hydrogens (tertiary/aromatic N) is 3. The quantitative estimate of drug-likeness (QED) is 0.118. The first-order valence-electron chi connectivity index (χ1n) is 20.1. The summed E-state index contributed by atoms with van der Waals surface area (Å²) in [6.45, 7) is 9.26. The molecule has 3 aromatic heterocycles. The zero-order valence-corrected chi connectivity index (χ0v) is 38.5. The van der Waals surface area contributed by atoms with Gasteiger partial charge in [-0.1, -0.05) is 17.7 Å². The number of benzene rings is 7. The van der Waals surface area contributed by atoms with Crippen molar-refractivity contribution >= 4 is 49.0 Å². The van der Waals surface area contributed by atoms with E-state index in [-0.39, 0.29) is 25.9 Å². The number of hydrogen-bond acceptors (Lipinski definition) is 2. The van der Waals surface area contributed by atoms with Gasteiger partial charge in [0, 0.05) is 32.1 Å². The van der Waals surface area contributed by atoms with Crippen molar-refractivity contribution in [3.05, 3.63) is 199 Å². The van der Waals surface area contributed by atoms with Gasteiger partial charge in [0.15, 0.2) is 0 Å². The standard InChI is InChI=1S/C43H35N2Te.C11H7FN.Ir/c1-27(2)36-24-32(30-16-9-6-10-17-30)25-37(28(3)4)41(36)45-39-21-12-11-20-38(39)44-43(45)35-19-13-18-34-33-23-22-31(26-40(33)46-42(34)35)29-14-7-5-8-15-29;12-10-6-2-1-5-9(10)11-7-3-4-8-13-11;/h5-18,20-28H,1-4H3;1-4,6-8H;/q2*-1;. The Morgan fingerprint density at radius 1 is 0.583 bits per heavy atom. The molecule has 0 saturated carbocycles. The van der Waals surface area contributed by atoms with Crippen molar-refractivity contribution in [1.82, 2.24) is 14.5 Å². The van der Waals surface area contributed by atoms with E-state index in [1.165, 1.54) is 62.7 Å². The van der Waals surface area contributed by atoms with Crippen molar-refractivity contribution in [3.63, 3.8) is 0 Å². The normalized spacial score (nSPS) is 11.2. The molecule has 0 N–H and O–H groups in total. The van der Waals surface area contributed by atoms with Crippen molar-refractivity contribution < 1.29 is 24.5 Å². The van der Waals surface area contributed by atoms with Crippen LogP contribution >= 0.6 is 0 Å². The molecule has 3 heterocycles. The maximum Gasteiger partial charge on any atom is 0.0380 e. The van der Waals surface area contributed by atoms with Gasteiger partial charge in [-0.05, 0) is 11.8 Å². The molecule has 297 valence electrons. The SMILES string of the molecule is CC(C)c1cc(-c2ccccc2)cc(C(C)C)c1-n1c(-c2[c-]ccc3c2[te]c2cc(-c4ccccc4)ccc23)nc2ccccc21.Fc1ccc[c-]c1-c1ccccn1.[Ir]. The Kier molecular flexibility index (Phi) is 12.4. The zero-order valence-electron chi connectivity index (χ0n) is 33.8. The molecule has 1 radical (unpaired) electrons. The molecule has 0 unspecified atom stereocenters. The van der Waals surface area contributed by atoms with Crippen LogP contribution in [0.1, 0.15) is 50.7 Å². The molecule has 0 atom stereocenters. The van der Waals surface area contributed by atoms with Gasteiger partial charge in [0.2, 0.25) is 0 Å². The molecule has 0 spiro atoms. The first kappa shape index (κ1) is 41.3. The monoisotopic (exact) mass is 1070 g/mol. The van der Waals surface area contributed by atoms with Crippen LogP contribution in [-0.4, -0.2) is 35.0 Å². The number of fused-ring (bicyclic) bond motifs is 4. The van der Waals surface area contributed by atoms with Crippen LogP contribution in [0.15, 0.2) is 170 Å². The Hall–Kier alpha value is -5.47. The Morgan fingerprint density at radius 3 is 1.90 bits per heavy atom. The largest absolute Gasteiger partial charge is 0.305 e. The van der Waals surface area contributed by atoms with Gasteiger partial charge in [-0.15, -0.1) is 24.3 Å². The second kappa shape index (κ2) is 18.0. The van der Waals surface area contributed by atoms with Crippen LogP contribution in [0.3, 0.4) is 0 Å². The fraction of sp³-hybridized carbons (Fsp3) is 0.111. The molecule has 0 aliphatic rings. The van der Waals surface area contributed by atoms with E-state index in [2.05, 4.69) is 177 Å². The summed E-state index contributed by atoms with van der Waals surface area (Å²) in [5.41, 5.74) is 13.4. The minimum atomic E-state index is -0.663. The Labute approximate surface area is 374 Å². The topological polar surface area (TPSA) is 30.7 Å². The van der Waals surface area contributed by atoms with E-state index < -0.39 is 20.4 Å². The average Bonchev–Trinajstić information content (AvgIpc) is 3.85. The van der Waals surface area contributed by atoms with Crippen LogP contribution in [0.2, 0.25) is 0 Å². The van der Waals surface area contributed by atoms with Crippen LogP contribution in [0.5, 0.6) is 0 Å². The molecule has 10 rings (SSSR count). The molecule has 0 amide bonds. The second-order valence-electron chi connectivity index (χ2n) is 15.3.